The highest BCUT2D eigenvalue weighted by Crippen LogP contribution is 2.23. The van der Waals surface area contributed by atoms with Gasteiger partial charge in [0.25, 0.3) is 0 Å². The summed E-state index contributed by atoms with van der Waals surface area (Å²) in [6.07, 6.45) is 4.62. The van der Waals surface area contributed by atoms with E-state index in [2.05, 4.69) is 54.6 Å². The molecule has 3 aromatic rings. The standard InChI is InChI=1S/C23H26N2O2/c1-23(2,3)20-11-7-17(8-12-20)15-21-24-13-14-25(21)16-18-5-9-19(10-6-18)22(26)27-4/h5-14H,15-16H2,1-4H3. The number of ether oxygens (including phenoxy) is 1. The van der Waals surface area contributed by atoms with E-state index in [0.717, 1.165) is 24.4 Å². The summed E-state index contributed by atoms with van der Waals surface area (Å²) in [5, 5.41) is 0. The van der Waals surface area contributed by atoms with Crippen LogP contribution in [0.5, 0.6) is 0 Å². The molecule has 3 rings (SSSR count). The Morgan fingerprint density at radius 3 is 2.22 bits per heavy atom. The van der Waals surface area contributed by atoms with Crippen LogP contribution in [0.15, 0.2) is 60.9 Å². The van der Waals surface area contributed by atoms with Gasteiger partial charge in [-0.25, -0.2) is 9.78 Å². The molecular formula is C23H26N2O2. The number of hydrogen-bond acceptors (Lipinski definition) is 3. The molecule has 0 aliphatic carbocycles. The summed E-state index contributed by atoms with van der Waals surface area (Å²) < 4.78 is 6.89. The normalized spacial score (nSPS) is 11.4. The topological polar surface area (TPSA) is 44.1 Å². The van der Waals surface area contributed by atoms with Crippen LogP contribution >= 0.6 is 0 Å². The minimum Gasteiger partial charge on any atom is -0.465 e. The van der Waals surface area contributed by atoms with Gasteiger partial charge >= 0.3 is 5.97 Å². The van der Waals surface area contributed by atoms with Crippen LogP contribution in [0.2, 0.25) is 0 Å². The average Bonchev–Trinajstić information content (AvgIpc) is 3.08. The second kappa shape index (κ2) is 7.78. The number of methoxy groups -OCH3 is 1. The smallest absolute Gasteiger partial charge is 0.337 e. The highest BCUT2D eigenvalue weighted by atomic mass is 16.5. The van der Waals surface area contributed by atoms with Crippen LogP contribution in [0.4, 0.5) is 0 Å². The largest absolute Gasteiger partial charge is 0.465 e. The lowest BCUT2D eigenvalue weighted by molar-refractivity contribution is 0.0600. The van der Waals surface area contributed by atoms with Gasteiger partial charge in [-0.05, 0) is 34.2 Å². The Labute approximate surface area is 160 Å². The Kier molecular flexibility index (Phi) is 5.45. The molecule has 0 spiro atoms. The van der Waals surface area contributed by atoms with Crippen molar-refractivity contribution in [1.29, 1.82) is 0 Å². The van der Waals surface area contributed by atoms with Crippen LogP contribution in [0.25, 0.3) is 0 Å². The van der Waals surface area contributed by atoms with E-state index < -0.39 is 0 Å². The number of imidazole rings is 1. The maximum absolute atomic E-state index is 11.5. The third-order valence-electron chi connectivity index (χ3n) is 4.71. The first-order chi connectivity index (χ1) is 12.9. The minimum atomic E-state index is -0.316. The van der Waals surface area contributed by atoms with Gasteiger partial charge in [-0.2, -0.15) is 0 Å². The van der Waals surface area contributed by atoms with Crippen LogP contribution in [0.3, 0.4) is 0 Å². The Balaban J connectivity index is 1.71. The zero-order chi connectivity index (χ0) is 19.4. The molecule has 0 bridgehead atoms. The molecule has 0 amide bonds. The van der Waals surface area contributed by atoms with Gasteiger partial charge in [-0.1, -0.05) is 57.2 Å². The van der Waals surface area contributed by atoms with Crippen molar-refractivity contribution >= 4 is 5.97 Å². The highest BCUT2D eigenvalue weighted by molar-refractivity contribution is 5.89. The Morgan fingerprint density at radius 2 is 1.63 bits per heavy atom. The van der Waals surface area contributed by atoms with Crippen molar-refractivity contribution in [2.75, 3.05) is 7.11 Å². The van der Waals surface area contributed by atoms with E-state index in [1.54, 1.807) is 12.1 Å². The molecule has 0 saturated carbocycles. The summed E-state index contributed by atoms with van der Waals surface area (Å²) >= 11 is 0. The average molecular weight is 362 g/mol. The first-order valence-electron chi connectivity index (χ1n) is 9.13. The lowest BCUT2D eigenvalue weighted by Gasteiger charge is -2.19. The summed E-state index contributed by atoms with van der Waals surface area (Å²) in [6, 6.07) is 16.3. The van der Waals surface area contributed by atoms with Crippen molar-refractivity contribution in [3.63, 3.8) is 0 Å². The quantitative estimate of drug-likeness (QED) is 0.623. The monoisotopic (exact) mass is 362 g/mol. The molecule has 4 heteroatoms. The van der Waals surface area contributed by atoms with Crippen molar-refractivity contribution in [2.24, 2.45) is 0 Å². The third kappa shape index (κ3) is 4.64. The number of aromatic nitrogens is 2. The first kappa shape index (κ1) is 18.9. The fourth-order valence-electron chi connectivity index (χ4n) is 3.02. The fourth-order valence-corrected chi connectivity index (χ4v) is 3.02. The van der Waals surface area contributed by atoms with E-state index in [4.69, 9.17) is 4.74 Å². The SMILES string of the molecule is COC(=O)c1ccc(Cn2ccnc2Cc2ccc(C(C)(C)C)cc2)cc1. The number of carbonyl (C=O) groups is 1. The second-order valence-corrected chi connectivity index (χ2v) is 7.78. The van der Waals surface area contributed by atoms with Crippen LogP contribution in [-0.2, 0) is 23.1 Å². The Bertz CT molecular complexity index is 901. The van der Waals surface area contributed by atoms with E-state index in [9.17, 15) is 4.79 Å². The zero-order valence-electron chi connectivity index (χ0n) is 16.4. The minimum absolute atomic E-state index is 0.160. The van der Waals surface area contributed by atoms with Gasteiger partial charge in [0.05, 0.1) is 12.7 Å². The fraction of sp³-hybridized carbons (Fsp3) is 0.304. The van der Waals surface area contributed by atoms with Crippen molar-refractivity contribution in [3.05, 3.63) is 89.0 Å². The predicted octanol–water partition coefficient (Wildman–Crippen LogP) is 4.61. The lowest BCUT2D eigenvalue weighted by atomic mass is 9.86. The van der Waals surface area contributed by atoms with Gasteiger partial charge in [-0.3, -0.25) is 0 Å². The number of benzene rings is 2. The molecule has 2 aromatic carbocycles. The summed E-state index contributed by atoms with van der Waals surface area (Å²) in [6.45, 7) is 7.39. The van der Waals surface area contributed by atoms with Gasteiger partial charge in [0.1, 0.15) is 5.82 Å². The molecule has 0 fully saturated rings. The van der Waals surface area contributed by atoms with E-state index >= 15 is 0 Å². The number of carbonyl (C=O) groups excluding carboxylic acids is 1. The maximum atomic E-state index is 11.5. The lowest BCUT2D eigenvalue weighted by Crippen LogP contribution is -2.11. The Hall–Kier alpha value is -2.88. The molecular weight excluding hydrogens is 336 g/mol. The third-order valence-corrected chi connectivity index (χ3v) is 4.71. The molecule has 0 saturated heterocycles. The number of esters is 1. The van der Waals surface area contributed by atoms with Gasteiger partial charge in [0, 0.05) is 25.4 Å². The molecule has 0 atom stereocenters. The van der Waals surface area contributed by atoms with Crippen LogP contribution in [0.1, 0.15) is 53.6 Å². The van der Waals surface area contributed by atoms with Crippen molar-refractivity contribution in [2.45, 2.75) is 39.2 Å². The van der Waals surface area contributed by atoms with Crippen molar-refractivity contribution < 1.29 is 9.53 Å². The van der Waals surface area contributed by atoms with E-state index in [0.29, 0.717) is 5.56 Å². The number of nitrogens with zero attached hydrogens (tertiary/aromatic N) is 2. The van der Waals surface area contributed by atoms with Gasteiger partial charge in [0.15, 0.2) is 0 Å². The summed E-state index contributed by atoms with van der Waals surface area (Å²) in [5.74, 6) is 0.708. The van der Waals surface area contributed by atoms with Crippen molar-refractivity contribution in [1.82, 2.24) is 9.55 Å². The summed E-state index contributed by atoms with van der Waals surface area (Å²) in [5.41, 5.74) is 4.42. The molecule has 0 radical (unpaired) electrons. The van der Waals surface area contributed by atoms with E-state index in [1.165, 1.54) is 18.2 Å². The number of rotatable bonds is 5. The molecule has 27 heavy (non-hydrogen) atoms. The van der Waals surface area contributed by atoms with E-state index in [1.807, 2.05) is 24.5 Å². The molecule has 4 nitrogen and oxygen atoms in total. The first-order valence-corrected chi connectivity index (χ1v) is 9.13. The zero-order valence-corrected chi connectivity index (χ0v) is 16.4. The maximum Gasteiger partial charge on any atom is 0.337 e. The molecule has 1 heterocycles. The van der Waals surface area contributed by atoms with Gasteiger partial charge < -0.3 is 9.30 Å². The summed E-state index contributed by atoms with van der Waals surface area (Å²) in [4.78, 5) is 16.1. The highest BCUT2D eigenvalue weighted by Gasteiger charge is 2.13. The van der Waals surface area contributed by atoms with E-state index in [-0.39, 0.29) is 11.4 Å². The molecule has 0 aliphatic heterocycles. The predicted molar refractivity (Wildman–Crippen MR) is 107 cm³/mol. The molecule has 1 aromatic heterocycles. The second-order valence-electron chi connectivity index (χ2n) is 7.78. The molecule has 0 unspecified atom stereocenters. The summed E-state index contributed by atoms with van der Waals surface area (Å²) in [7, 11) is 1.39. The number of hydrogen-bond donors (Lipinski definition) is 0. The molecule has 140 valence electrons. The molecule has 0 N–H and O–H groups in total. The van der Waals surface area contributed by atoms with Gasteiger partial charge in [-0.15, -0.1) is 0 Å². The van der Waals surface area contributed by atoms with Crippen molar-refractivity contribution in [3.8, 4) is 0 Å². The Morgan fingerprint density at radius 1 is 1.00 bits per heavy atom. The van der Waals surface area contributed by atoms with Crippen LogP contribution < -0.4 is 0 Å². The van der Waals surface area contributed by atoms with Crippen LogP contribution in [-0.4, -0.2) is 22.6 Å². The molecule has 0 aliphatic rings. The van der Waals surface area contributed by atoms with Gasteiger partial charge in [0.2, 0.25) is 0 Å². The van der Waals surface area contributed by atoms with Crippen LogP contribution in [0, 0.1) is 0 Å².